The predicted molar refractivity (Wildman–Crippen MR) is 80.6 cm³/mol. The molecule has 0 aromatic heterocycles. The topological polar surface area (TPSA) is 24.5 Å². The molecular weight excluding hydrogens is 255 g/mol. The fraction of sp³-hybridized carbons (Fsp3) is 0.625. The minimum atomic E-state index is -0.130. The molecule has 1 aliphatic rings. The first-order chi connectivity index (χ1) is 9.72. The van der Waals surface area contributed by atoms with Crippen LogP contribution < -0.4 is 10.2 Å². The first-order valence-corrected chi connectivity index (χ1v) is 7.52. The molecule has 1 aromatic rings. The monoisotopic (exact) mass is 280 g/mol. The van der Waals surface area contributed by atoms with E-state index >= 15 is 0 Å². The summed E-state index contributed by atoms with van der Waals surface area (Å²) in [4.78, 5) is 2.06. The molecule has 0 unspecified atom stereocenters. The zero-order valence-corrected chi connectivity index (χ0v) is 12.5. The molecule has 0 amide bonds. The largest absolute Gasteiger partial charge is 0.381 e. The Kier molecular flexibility index (Phi) is 5.80. The van der Waals surface area contributed by atoms with Crippen molar-refractivity contribution in [3.05, 3.63) is 29.6 Å². The first kappa shape index (κ1) is 15.3. The molecule has 0 spiro atoms. The summed E-state index contributed by atoms with van der Waals surface area (Å²) in [6.07, 6.45) is 3.03. The van der Waals surface area contributed by atoms with Crippen molar-refractivity contribution in [1.82, 2.24) is 5.32 Å². The lowest BCUT2D eigenvalue weighted by atomic mass is 10.1. The van der Waals surface area contributed by atoms with E-state index < -0.39 is 0 Å². The summed E-state index contributed by atoms with van der Waals surface area (Å²) in [5, 5.41) is 3.29. The lowest BCUT2D eigenvalue weighted by molar-refractivity contribution is 0.0853. The number of halogens is 1. The second-order valence-corrected chi connectivity index (χ2v) is 5.42. The average Bonchev–Trinajstić information content (AvgIpc) is 2.48. The SMILES string of the molecule is CCCNCc1ccc(N(C)C2CCOCC2)c(F)c1. The van der Waals surface area contributed by atoms with Gasteiger partial charge in [0.2, 0.25) is 0 Å². The van der Waals surface area contributed by atoms with Crippen molar-refractivity contribution in [1.29, 1.82) is 0 Å². The molecule has 0 atom stereocenters. The number of anilines is 1. The molecule has 0 aliphatic carbocycles. The van der Waals surface area contributed by atoms with Crippen LogP contribution in [-0.2, 0) is 11.3 Å². The van der Waals surface area contributed by atoms with Crippen LogP contribution in [0.5, 0.6) is 0 Å². The van der Waals surface area contributed by atoms with Gasteiger partial charge >= 0.3 is 0 Å². The van der Waals surface area contributed by atoms with Gasteiger partial charge in [0.25, 0.3) is 0 Å². The second kappa shape index (κ2) is 7.60. The molecule has 4 heteroatoms. The molecule has 1 aromatic carbocycles. The van der Waals surface area contributed by atoms with Crippen LogP contribution in [0.3, 0.4) is 0 Å². The van der Waals surface area contributed by atoms with Gasteiger partial charge in [-0.3, -0.25) is 0 Å². The van der Waals surface area contributed by atoms with Gasteiger partial charge in [0, 0.05) is 32.8 Å². The van der Waals surface area contributed by atoms with Crippen molar-refractivity contribution >= 4 is 5.69 Å². The van der Waals surface area contributed by atoms with Gasteiger partial charge < -0.3 is 15.0 Å². The quantitative estimate of drug-likeness (QED) is 0.811. The Hall–Kier alpha value is -1.13. The van der Waals surface area contributed by atoms with Crippen molar-refractivity contribution in [2.75, 3.05) is 31.7 Å². The maximum Gasteiger partial charge on any atom is 0.146 e. The minimum absolute atomic E-state index is 0.130. The molecule has 1 fully saturated rings. The normalized spacial score (nSPS) is 16.4. The van der Waals surface area contributed by atoms with Gasteiger partial charge in [-0.05, 0) is 43.5 Å². The number of ether oxygens (including phenoxy) is 1. The molecule has 0 radical (unpaired) electrons. The van der Waals surface area contributed by atoms with Gasteiger partial charge in [-0.2, -0.15) is 0 Å². The number of hydrogen-bond donors (Lipinski definition) is 1. The van der Waals surface area contributed by atoms with E-state index in [9.17, 15) is 4.39 Å². The van der Waals surface area contributed by atoms with Gasteiger partial charge in [-0.25, -0.2) is 4.39 Å². The van der Waals surface area contributed by atoms with E-state index in [0.29, 0.717) is 11.7 Å². The third-order valence-corrected chi connectivity index (χ3v) is 3.89. The minimum Gasteiger partial charge on any atom is -0.381 e. The summed E-state index contributed by atoms with van der Waals surface area (Å²) in [6.45, 7) is 5.36. The van der Waals surface area contributed by atoms with E-state index in [1.54, 1.807) is 6.07 Å². The molecule has 1 aliphatic heterocycles. The Bertz CT molecular complexity index is 419. The van der Waals surface area contributed by atoms with E-state index in [4.69, 9.17) is 4.74 Å². The predicted octanol–water partition coefficient (Wildman–Crippen LogP) is 2.94. The number of nitrogens with zero attached hydrogens (tertiary/aromatic N) is 1. The summed E-state index contributed by atoms with van der Waals surface area (Å²) in [7, 11) is 1.98. The summed E-state index contributed by atoms with van der Waals surface area (Å²) in [6, 6.07) is 5.93. The standard InChI is InChI=1S/C16H25FN2O/c1-3-8-18-12-13-4-5-16(15(17)11-13)19(2)14-6-9-20-10-7-14/h4-5,11,14,18H,3,6-10,12H2,1-2H3. The van der Waals surface area contributed by atoms with E-state index in [1.165, 1.54) is 0 Å². The van der Waals surface area contributed by atoms with Crippen LogP contribution in [0.4, 0.5) is 10.1 Å². The molecule has 0 bridgehead atoms. The highest BCUT2D eigenvalue weighted by atomic mass is 19.1. The third-order valence-electron chi connectivity index (χ3n) is 3.89. The lowest BCUT2D eigenvalue weighted by Crippen LogP contribution is -2.37. The fourth-order valence-electron chi connectivity index (χ4n) is 2.63. The van der Waals surface area contributed by atoms with Crippen LogP contribution in [0.25, 0.3) is 0 Å². The molecular formula is C16H25FN2O. The van der Waals surface area contributed by atoms with Crippen LogP contribution in [0, 0.1) is 5.82 Å². The van der Waals surface area contributed by atoms with Crippen LogP contribution in [0.15, 0.2) is 18.2 Å². The molecule has 2 rings (SSSR count). The average molecular weight is 280 g/mol. The molecule has 1 N–H and O–H groups in total. The maximum absolute atomic E-state index is 14.3. The van der Waals surface area contributed by atoms with Crippen LogP contribution in [-0.4, -0.2) is 32.8 Å². The summed E-state index contributed by atoms with van der Waals surface area (Å²) in [5.41, 5.74) is 1.69. The highest BCUT2D eigenvalue weighted by Crippen LogP contribution is 2.24. The van der Waals surface area contributed by atoms with Crippen molar-refractivity contribution in [2.45, 2.75) is 38.8 Å². The van der Waals surface area contributed by atoms with E-state index in [1.807, 2.05) is 19.2 Å². The van der Waals surface area contributed by atoms with E-state index in [2.05, 4.69) is 17.1 Å². The number of hydrogen-bond acceptors (Lipinski definition) is 3. The van der Waals surface area contributed by atoms with Crippen molar-refractivity contribution in [2.24, 2.45) is 0 Å². The van der Waals surface area contributed by atoms with Gasteiger partial charge in [-0.15, -0.1) is 0 Å². The Labute approximate surface area is 121 Å². The zero-order chi connectivity index (χ0) is 14.4. The van der Waals surface area contributed by atoms with Crippen LogP contribution >= 0.6 is 0 Å². The summed E-state index contributed by atoms with van der Waals surface area (Å²) >= 11 is 0. The first-order valence-electron chi connectivity index (χ1n) is 7.52. The molecule has 1 heterocycles. The number of rotatable bonds is 6. The molecule has 0 saturated carbocycles. The fourth-order valence-corrected chi connectivity index (χ4v) is 2.63. The van der Waals surface area contributed by atoms with Crippen molar-refractivity contribution in [3.63, 3.8) is 0 Å². The smallest absolute Gasteiger partial charge is 0.146 e. The molecule has 112 valence electrons. The van der Waals surface area contributed by atoms with Gasteiger partial charge in [0.15, 0.2) is 0 Å². The van der Waals surface area contributed by atoms with Gasteiger partial charge in [0.05, 0.1) is 5.69 Å². The molecule has 20 heavy (non-hydrogen) atoms. The Balaban J connectivity index is 2.00. The lowest BCUT2D eigenvalue weighted by Gasteiger charge is -2.33. The Morgan fingerprint density at radius 2 is 2.10 bits per heavy atom. The van der Waals surface area contributed by atoms with E-state index in [0.717, 1.165) is 51.1 Å². The number of nitrogens with one attached hydrogen (secondary N) is 1. The van der Waals surface area contributed by atoms with Crippen molar-refractivity contribution in [3.8, 4) is 0 Å². The van der Waals surface area contributed by atoms with Crippen LogP contribution in [0.1, 0.15) is 31.7 Å². The van der Waals surface area contributed by atoms with E-state index in [-0.39, 0.29) is 5.82 Å². The zero-order valence-electron chi connectivity index (χ0n) is 12.5. The highest BCUT2D eigenvalue weighted by molar-refractivity contribution is 5.49. The highest BCUT2D eigenvalue weighted by Gasteiger charge is 2.20. The maximum atomic E-state index is 14.3. The van der Waals surface area contributed by atoms with Crippen LogP contribution in [0.2, 0.25) is 0 Å². The summed E-state index contributed by atoms with van der Waals surface area (Å²) < 4.78 is 19.6. The summed E-state index contributed by atoms with van der Waals surface area (Å²) in [5.74, 6) is -0.130. The number of benzene rings is 1. The van der Waals surface area contributed by atoms with Gasteiger partial charge in [0.1, 0.15) is 5.82 Å². The van der Waals surface area contributed by atoms with Gasteiger partial charge in [-0.1, -0.05) is 13.0 Å². The Morgan fingerprint density at radius 3 is 2.75 bits per heavy atom. The second-order valence-electron chi connectivity index (χ2n) is 5.42. The molecule has 3 nitrogen and oxygen atoms in total. The third kappa shape index (κ3) is 3.93. The van der Waals surface area contributed by atoms with Crippen molar-refractivity contribution < 1.29 is 9.13 Å². The Morgan fingerprint density at radius 1 is 1.35 bits per heavy atom. The molecule has 1 saturated heterocycles.